The van der Waals surface area contributed by atoms with E-state index in [0.29, 0.717) is 0 Å². The highest BCUT2D eigenvalue weighted by molar-refractivity contribution is 5.81. The van der Waals surface area contributed by atoms with Crippen LogP contribution >= 0.6 is 0 Å². The van der Waals surface area contributed by atoms with Gasteiger partial charge in [-0.15, -0.1) is 0 Å². The van der Waals surface area contributed by atoms with E-state index in [4.69, 9.17) is 5.73 Å². The molecule has 3 nitrogen and oxygen atoms in total. The van der Waals surface area contributed by atoms with Crippen LogP contribution in [0.25, 0.3) is 0 Å². The lowest BCUT2D eigenvalue weighted by molar-refractivity contribution is 0.0477. The number of nitrogens with two attached hydrogens (primary N) is 1. The summed E-state index contributed by atoms with van der Waals surface area (Å²) in [5.41, 5.74) is 6.29. The molecule has 1 saturated carbocycles. The predicted molar refractivity (Wildman–Crippen MR) is 68.4 cm³/mol. The fourth-order valence-electron chi connectivity index (χ4n) is 3.83. The SMILES string of the molecule is CCN1C(N)=NCC12CCCCC2C(C)C. The molecule has 0 aromatic heterocycles. The van der Waals surface area contributed by atoms with Crippen molar-refractivity contribution in [3.63, 3.8) is 0 Å². The van der Waals surface area contributed by atoms with Crippen LogP contribution in [0.2, 0.25) is 0 Å². The van der Waals surface area contributed by atoms with Crippen molar-refractivity contribution in [2.24, 2.45) is 22.6 Å². The van der Waals surface area contributed by atoms with E-state index in [1.165, 1.54) is 25.7 Å². The van der Waals surface area contributed by atoms with Crippen molar-refractivity contribution in [3.05, 3.63) is 0 Å². The molecule has 2 aliphatic rings. The van der Waals surface area contributed by atoms with Crippen molar-refractivity contribution in [1.29, 1.82) is 0 Å². The number of likely N-dealkylation sites (N-methyl/N-ethyl adjacent to an activating group) is 1. The van der Waals surface area contributed by atoms with Gasteiger partial charge < -0.3 is 10.6 Å². The minimum absolute atomic E-state index is 0.255. The summed E-state index contributed by atoms with van der Waals surface area (Å²) in [5.74, 6) is 2.26. The molecule has 0 aromatic rings. The minimum atomic E-state index is 0.255. The Balaban J connectivity index is 2.27. The average molecular weight is 223 g/mol. The second kappa shape index (κ2) is 4.27. The highest BCUT2D eigenvalue weighted by Gasteiger charge is 2.49. The highest BCUT2D eigenvalue weighted by Crippen LogP contribution is 2.44. The zero-order chi connectivity index (χ0) is 11.8. The Morgan fingerprint density at radius 2 is 2.25 bits per heavy atom. The summed E-state index contributed by atoms with van der Waals surface area (Å²) in [6.07, 6.45) is 5.33. The van der Waals surface area contributed by atoms with E-state index in [2.05, 4.69) is 30.7 Å². The van der Waals surface area contributed by atoms with Crippen molar-refractivity contribution < 1.29 is 0 Å². The molecule has 1 aliphatic carbocycles. The topological polar surface area (TPSA) is 41.6 Å². The molecule has 2 atom stereocenters. The van der Waals surface area contributed by atoms with Crippen molar-refractivity contribution >= 4 is 5.96 Å². The molecule has 3 heteroatoms. The number of aliphatic imine (C=N–C) groups is 1. The van der Waals surface area contributed by atoms with Crippen molar-refractivity contribution in [1.82, 2.24) is 4.90 Å². The number of guanidine groups is 1. The van der Waals surface area contributed by atoms with E-state index in [-0.39, 0.29) is 5.54 Å². The quantitative estimate of drug-likeness (QED) is 0.780. The van der Waals surface area contributed by atoms with Crippen LogP contribution in [0.5, 0.6) is 0 Å². The molecule has 92 valence electrons. The first-order valence-corrected chi connectivity index (χ1v) is 6.69. The van der Waals surface area contributed by atoms with Crippen molar-refractivity contribution in [3.8, 4) is 0 Å². The van der Waals surface area contributed by atoms with Gasteiger partial charge in [-0.05, 0) is 31.6 Å². The van der Waals surface area contributed by atoms with E-state index in [0.717, 1.165) is 30.9 Å². The van der Waals surface area contributed by atoms with Crippen LogP contribution in [0.1, 0.15) is 46.5 Å². The third-order valence-corrected chi connectivity index (χ3v) is 4.51. The molecular formula is C13H25N3. The van der Waals surface area contributed by atoms with E-state index < -0.39 is 0 Å². The highest BCUT2D eigenvalue weighted by atomic mass is 15.4. The van der Waals surface area contributed by atoms with E-state index >= 15 is 0 Å². The van der Waals surface area contributed by atoms with Gasteiger partial charge in [0, 0.05) is 6.54 Å². The summed E-state index contributed by atoms with van der Waals surface area (Å²) in [6.45, 7) is 8.82. The van der Waals surface area contributed by atoms with Crippen LogP contribution in [0.4, 0.5) is 0 Å². The number of rotatable bonds is 2. The largest absolute Gasteiger partial charge is 0.370 e. The molecule has 2 N–H and O–H groups in total. The van der Waals surface area contributed by atoms with Gasteiger partial charge in [-0.1, -0.05) is 26.7 Å². The molecule has 2 rings (SSSR count). The zero-order valence-electron chi connectivity index (χ0n) is 10.9. The lowest BCUT2D eigenvalue weighted by Gasteiger charge is -2.49. The fourth-order valence-corrected chi connectivity index (χ4v) is 3.83. The Morgan fingerprint density at radius 1 is 1.50 bits per heavy atom. The first-order valence-electron chi connectivity index (χ1n) is 6.69. The van der Waals surface area contributed by atoms with Crippen molar-refractivity contribution in [2.45, 2.75) is 52.0 Å². The smallest absolute Gasteiger partial charge is 0.191 e. The maximum absolute atomic E-state index is 6.03. The summed E-state index contributed by atoms with van der Waals surface area (Å²) in [5, 5.41) is 0. The number of hydrogen-bond acceptors (Lipinski definition) is 3. The monoisotopic (exact) mass is 223 g/mol. The van der Waals surface area contributed by atoms with Crippen molar-refractivity contribution in [2.75, 3.05) is 13.1 Å². The van der Waals surface area contributed by atoms with Gasteiger partial charge >= 0.3 is 0 Å². The van der Waals surface area contributed by atoms with Gasteiger partial charge in [-0.25, -0.2) is 0 Å². The Labute approximate surface area is 99.1 Å². The van der Waals surface area contributed by atoms with Crippen LogP contribution < -0.4 is 5.73 Å². The average Bonchev–Trinajstić information content (AvgIpc) is 2.56. The van der Waals surface area contributed by atoms with Gasteiger partial charge in [0.25, 0.3) is 0 Å². The second-order valence-electron chi connectivity index (χ2n) is 5.62. The molecule has 2 unspecified atom stereocenters. The molecule has 0 saturated heterocycles. The minimum Gasteiger partial charge on any atom is -0.370 e. The van der Waals surface area contributed by atoms with Gasteiger partial charge in [0.05, 0.1) is 12.1 Å². The van der Waals surface area contributed by atoms with Crippen LogP contribution in [0.15, 0.2) is 4.99 Å². The first kappa shape index (κ1) is 11.7. The Hall–Kier alpha value is -0.730. The molecule has 0 bridgehead atoms. The predicted octanol–water partition coefficient (Wildman–Crippen LogP) is 2.22. The fraction of sp³-hybridized carbons (Fsp3) is 0.923. The first-order chi connectivity index (χ1) is 7.62. The summed E-state index contributed by atoms with van der Waals surface area (Å²) in [7, 11) is 0. The molecule has 0 amide bonds. The normalized spacial score (nSPS) is 34.9. The molecule has 1 spiro atoms. The van der Waals surface area contributed by atoms with Crippen LogP contribution in [0, 0.1) is 11.8 Å². The molecule has 1 fully saturated rings. The Kier molecular flexibility index (Phi) is 3.13. The van der Waals surface area contributed by atoms with E-state index in [1.807, 2.05) is 0 Å². The van der Waals surface area contributed by atoms with E-state index in [1.54, 1.807) is 0 Å². The van der Waals surface area contributed by atoms with Gasteiger partial charge in [0.1, 0.15) is 0 Å². The standard InChI is InChI=1S/C13H25N3/c1-4-16-12(14)15-9-13(16)8-6-5-7-11(13)10(2)3/h10-11H,4-9H2,1-3H3,(H2,14,15). The summed E-state index contributed by atoms with van der Waals surface area (Å²) >= 11 is 0. The third-order valence-electron chi connectivity index (χ3n) is 4.51. The molecule has 1 heterocycles. The summed E-state index contributed by atoms with van der Waals surface area (Å²) in [6, 6.07) is 0. The summed E-state index contributed by atoms with van der Waals surface area (Å²) < 4.78 is 0. The van der Waals surface area contributed by atoms with Gasteiger partial charge in [0.2, 0.25) is 0 Å². The lowest BCUT2D eigenvalue weighted by atomic mass is 9.67. The molecule has 1 aliphatic heterocycles. The van der Waals surface area contributed by atoms with Crippen LogP contribution in [0.3, 0.4) is 0 Å². The Bertz CT molecular complexity index is 285. The lowest BCUT2D eigenvalue weighted by Crippen LogP contribution is -2.58. The maximum atomic E-state index is 6.03. The van der Waals surface area contributed by atoms with Gasteiger partial charge in [-0.3, -0.25) is 4.99 Å². The number of nitrogens with zero attached hydrogens (tertiary/aromatic N) is 2. The molecule has 0 aromatic carbocycles. The van der Waals surface area contributed by atoms with Gasteiger partial charge in [0.15, 0.2) is 5.96 Å². The van der Waals surface area contributed by atoms with E-state index in [9.17, 15) is 0 Å². The number of hydrogen-bond donors (Lipinski definition) is 1. The molecular weight excluding hydrogens is 198 g/mol. The zero-order valence-corrected chi connectivity index (χ0v) is 10.9. The molecule has 16 heavy (non-hydrogen) atoms. The van der Waals surface area contributed by atoms with Gasteiger partial charge in [-0.2, -0.15) is 0 Å². The molecule has 0 radical (unpaired) electrons. The van der Waals surface area contributed by atoms with Crippen LogP contribution in [-0.4, -0.2) is 29.5 Å². The Morgan fingerprint density at radius 3 is 2.88 bits per heavy atom. The third kappa shape index (κ3) is 1.61. The maximum Gasteiger partial charge on any atom is 0.191 e. The van der Waals surface area contributed by atoms with Crippen LogP contribution in [-0.2, 0) is 0 Å². The summed E-state index contributed by atoms with van der Waals surface area (Å²) in [4.78, 5) is 6.89. The second-order valence-corrected chi connectivity index (χ2v) is 5.62.